The third-order valence-corrected chi connectivity index (χ3v) is 4.25. The fraction of sp³-hybridized carbons (Fsp3) is 0.588. The molecule has 0 unspecified atom stereocenters. The minimum absolute atomic E-state index is 0.0319. The van der Waals surface area contributed by atoms with Gasteiger partial charge in [-0.15, -0.1) is 0 Å². The van der Waals surface area contributed by atoms with Gasteiger partial charge in [0.15, 0.2) is 0 Å². The van der Waals surface area contributed by atoms with Crippen LogP contribution in [-0.2, 0) is 4.79 Å². The van der Waals surface area contributed by atoms with Crippen LogP contribution in [0.25, 0.3) is 0 Å². The zero-order valence-electron chi connectivity index (χ0n) is 13.4. The molecule has 1 atom stereocenters. The summed E-state index contributed by atoms with van der Waals surface area (Å²) >= 11 is 0. The summed E-state index contributed by atoms with van der Waals surface area (Å²) in [6.07, 6.45) is 0.986. The van der Waals surface area contributed by atoms with Crippen molar-refractivity contribution in [3.8, 4) is 0 Å². The molecule has 1 aromatic carbocycles. The van der Waals surface area contributed by atoms with Gasteiger partial charge in [0.05, 0.1) is 6.04 Å². The zero-order chi connectivity index (χ0) is 15.2. The molecule has 1 N–H and O–H groups in total. The number of benzene rings is 1. The number of nitrogens with zero attached hydrogens (tertiary/aromatic N) is 2. The van der Waals surface area contributed by atoms with Crippen LogP contribution in [0.3, 0.4) is 0 Å². The van der Waals surface area contributed by atoms with E-state index in [-0.39, 0.29) is 11.9 Å². The van der Waals surface area contributed by atoms with Crippen LogP contribution < -0.4 is 10.2 Å². The third kappa shape index (κ3) is 3.97. The molecule has 21 heavy (non-hydrogen) atoms. The Balaban J connectivity index is 1.88. The van der Waals surface area contributed by atoms with Crippen LogP contribution in [0.4, 0.5) is 5.69 Å². The number of amides is 1. The summed E-state index contributed by atoms with van der Waals surface area (Å²) in [5.74, 6) is 0.154. The number of hydrogen-bond acceptors (Lipinski definition) is 3. The molecule has 1 amide bonds. The number of hydrogen-bond donors (Lipinski definition) is 1. The molecule has 1 aliphatic rings. The third-order valence-electron chi connectivity index (χ3n) is 4.25. The monoisotopic (exact) mass is 289 g/mol. The largest absolute Gasteiger partial charge is 0.369 e. The maximum Gasteiger partial charge on any atom is 0.237 e. The van der Waals surface area contributed by atoms with E-state index in [0.717, 1.165) is 39.1 Å². The lowest BCUT2D eigenvalue weighted by molar-refractivity contribution is -0.126. The molecular formula is C17H27N3O. The summed E-state index contributed by atoms with van der Waals surface area (Å²) in [6, 6.07) is 8.48. The molecular weight excluding hydrogens is 262 g/mol. The molecule has 2 rings (SSSR count). The predicted molar refractivity (Wildman–Crippen MR) is 87.7 cm³/mol. The lowest BCUT2D eigenvalue weighted by Crippen LogP contribution is -2.54. The molecule has 0 spiro atoms. The van der Waals surface area contributed by atoms with Gasteiger partial charge in [0.25, 0.3) is 0 Å². The summed E-state index contributed by atoms with van der Waals surface area (Å²) in [4.78, 5) is 16.7. The molecule has 0 saturated carbocycles. The van der Waals surface area contributed by atoms with Crippen molar-refractivity contribution in [1.82, 2.24) is 10.2 Å². The molecule has 1 aromatic rings. The Hall–Kier alpha value is -1.55. The highest BCUT2D eigenvalue weighted by Gasteiger charge is 2.25. The van der Waals surface area contributed by atoms with Gasteiger partial charge in [-0.05, 0) is 31.9 Å². The van der Waals surface area contributed by atoms with Crippen molar-refractivity contribution in [2.24, 2.45) is 0 Å². The Bertz CT molecular complexity index is 467. The average Bonchev–Trinajstić information content (AvgIpc) is 2.52. The van der Waals surface area contributed by atoms with E-state index in [9.17, 15) is 4.79 Å². The van der Waals surface area contributed by atoms with E-state index in [1.54, 1.807) is 0 Å². The second kappa shape index (κ2) is 7.46. The number of anilines is 1. The number of nitrogens with one attached hydrogen (secondary N) is 1. The van der Waals surface area contributed by atoms with Gasteiger partial charge in [0, 0.05) is 38.4 Å². The van der Waals surface area contributed by atoms with Gasteiger partial charge >= 0.3 is 0 Å². The van der Waals surface area contributed by atoms with Crippen molar-refractivity contribution in [2.45, 2.75) is 33.2 Å². The maximum atomic E-state index is 12.0. The summed E-state index contributed by atoms with van der Waals surface area (Å²) in [7, 11) is 0. The molecule has 1 fully saturated rings. The number of carbonyl (C=O) groups is 1. The molecule has 1 aliphatic heterocycles. The highest BCUT2D eigenvalue weighted by molar-refractivity contribution is 5.81. The second-order valence-corrected chi connectivity index (χ2v) is 5.78. The van der Waals surface area contributed by atoms with E-state index in [2.05, 4.69) is 53.2 Å². The molecule has 1 heterocycles. The lowest BCUT2D eigenvalue weighted by Gasteiger charge is -2.39. The summed E-state index contributed by atoms with van der Waals surface area (Å²) in [5, 5.41) is 2.99. The predicted octanol–water partition coefficient (Wildman–Crippen LogP) is 2.03. The highest BCUT2D eigenvalue weighted by atomic mass is 16.2. The van der Waals surface area contributed by atoms with E-state index in [4.69, 9.17) is 0 Å². The standard InChI is InChI=1S/C17H27N3O/c1-4-9-18-17(21)15(3)19-10-12-20(13-11-19)16-8-6-5-7-14(16)2/h5-8,15H,4,9-13H2,1-3H3,(H,18,21)/t15-/m1/s1. The number of aryl methyl sites for hydroxylation is 1. The first-order valence-electron chi connectivity index (χ1n) is 7.95. The molecule has 0 aromatic heterocycles. The van der Waals surface area contributed by atoms with Crippen molar-refractivity contribution in [3.05, 3.63) is 29.8 Å². The van der Waals surface area contributed by atoms with E-state index >= 15 is 0 Å². The minimum Gasteiger partial charge on any atom is -0.369 e. The van der Waals surface area contributed by atoms with Crippen LogP contribution in [0.5, 0.6) is 0 Å². The van der Waals surface area contributed by atoms with Gasteiger partial charge in [-0.25, -0.2) is 0 Å². The normalized spacial score (nSPS) is 17.6. The van der Waals surface area contributed by atoms with Gasteiger partial charge in [-0.1, -0.05) is 25.1 Å². The van der Waals surface area contributed by atoms with E-state index < -0.39 is 0 Å². The Morgan fingerprint density at radius 2 is 1.90 bits per heavy atom. The Morgan fingerprint density at radius 3 is 2.52 bits per heavy atom. The minimum atomic E-state index is -0.0319. The Morgan fingerprint density at radius 1 is 1.24 bits per heavy atom. The van der Waals surface area contributed by atoms with Crippen LogP contribution in [0, 0.1) is 6.92 Å². The Labute approximate surface area is 128 Å². The lowest BCUT2D eigenvalue weighted by atomic mass is 10.1. The first kappa shape index (κ1) is 15.8. The highest BCUT2D eigenvalue weighted by Crippen LogP contribution is 2.21. The molecule has 1 saturated heterocycles. The van der Waals surface area contributed by atoms with Crippen molar-refractivity contribution in [1.29, 1.82) is 0 Å². The van der Waals surface area contributed by atoms with Crippen molar-refractivity contribution >= 4 is 11.6 Å². The summed E-state index contributed by atoms with van der Waals surface area (Å²) in [6.45, 7) is 10.9. The second-order valence-electron chi connectivity index (χ2n) is 5.78. The van der Waals surface area contributed by atoms with Gasteiger partial charge in [-0.3, -0.25) is 9.69 Å². The number of rotatable bonds is 5. The average molecular weight is 289 g/mol. The molecule has 116 valence electrons. The van der Waals surface area contributed by atoms with Crippen LogP contribution in [-0.4, -0.2) is 49.6 Å². The summed E-state index contributed by atoms with van der Waals surface area (Å²) in [5.41, 5.74) is 2.64. The maximum absolute atomic E-state index is 12.0. The van der Waals surface area contributed by atoms with Crippen molar-refractivity contribution in [3.63, 3.8) is 0 Å². The summed E-state index contributed by atoms with van der Waals surface area (Å²) < 4.78 is 0. The number of carbonyl (C=O) groups excluding carboxylic acids is 1. The fourth-order valence-corrected chi connectivity index (χ4v) is 2.83. The molecule has 0 radical (unpaired) electrons. The van der Waals surface area contributed by atoms with Gasteiger partial charge in [-0.2, -0.15) is 0 Å². The van der Waals surface area contributed by atoms with E-state index in [1.165, 1.54) is 11.3 Å². The topological polar surface area (TPSA) is 35.6 Å². The SMILES string of the molecule is CCCNC(=O)[C@@H](C)N1CCN(c2ccccc2C)CC1. The van der Waals surface area contributed by atoms with Gasteiger partial charge in [0.1, 0.15) is 0 Å². The molecule has 4 nitrogen and oxygen atoms in total. The number of para-hydroxylation sites is 1. The quantitative estimate of drug-likeness (QED) is 0.901. The zero-order valence-corrected chi connectivity index (χ0v) is 13.4. The fourth-order valence-electron chi connectivity index (χ4n) is 2.83. The van der Waals surface area contributed by atoms with Crippen molar-refractivity contribution < 1.29 is 4.79 Å². The molecule has 0 aliphatic carbocycles. The van der Waals surface area contributed by atoms with Crippen molar-refractivity contribution in [2.75, 3.05) is 37.6 Å². The van der Waals surface area contributed by atoms with Gasteiger partial charge in [0.2, 0.25) is 5.91 Å². The smallest absolute Gasteiger partial charge is 0.237 e. The van der Waals surface area contributed by atoms with Crippen LogP contribution in [0.2, 0.25) is 0 Å². The van der Waals surface area contributed by atoms with Crippen LogP contribution in [0.1, 0.15) is 25.8 Å². The van der Waals surface area contributed by atoms with E-state index in [1.807, 2.05) is 6.92 Å². The molecule has 0 bridgehead atoms. The van der Waals surface area contributed by atoms with Crippen LogP contribution in [0.15, 0.2) is 24.3 Å². The first-order valence-corrected chi connectivity index (χ1v) is 7.95. The van der Waals surface area contributed by atoms with Gasteiger partial charge < -0.3 is 10.2 Å². The van der Waals surface area contributed by atoms with E-state index in [0.29, 0.717) is 0 Å². The van der Waals surface area contributed by atoms with Crippen LogP contribution >= 0.6 is 0 Å². The Kier molecular flexibility index (Phi) is 5.62. The number of piperazine rings is 1. The first-order chi connectivity index (χ1) is 10.1. The molecule has 4 heteroatoms.